The van der Waals surface area contributed by atoms with Crippen molar-refractivity contribution >= 4 is 11.3 Å². The van der Waals surface area contributed by atoms with Crippen molar-refractivity contribution in [1.29, 1.82) is 0 Å². The first-order chi connectivity index (χ1) is 5.59. The average molecular weight is 184 g/mol. The highest BCUT2D eigenvalue weighted by Crippen LogP contribution is 2.29. The molecule has 1 heterocycles. The fraction of sp³-hybridized carbons (Fsp3) is 0.667. The monoisotopic (exact) mass is 184 g/mol. The van der Waals surface area contributed by atoms with Crippen LogP contribution in [-0.2, 0) is 5.54 Å². The Bertz CT molecular complexity index is 229. The van der Waals surface area contributed by atoms with E-state index in [0.29, 0.717) is 5.92 Å². The molecule has 0 radical (unpaired) electrons. The average Bonchev–Trinajstić information content (AvgIpc) is 2.55. The molecule has 68 valence electrons. The van der Waals surface area contributed by atoms with E-state index in [4.69, 9.17) is 5.73 Å². The number of rotatable bonds is 3. The smallest absolute Gasteiger partial charge is 0.112 e. The topological polar surface area (TPSA) is 38.9 Å². The molecule has 2 nitrogen and oxygen atoms in total. The lowest BCUT2D eigenvalue weighted by Gasteiger charge is -2.28. The lowest BCUT2D eigenvalue weighted by molar-refractivity contribution is 0.315. The summed E-state index contributed by atoms with van der Waals surface area (Å²) in [4.78, 5) is 4.25. The summed E-state index contributed by atoms with van der Waals surface area (Å²) in [7, 11) is 0. The van der Waals surface area contributed by atoms with Crippen LogP contribution in [0.5, 0.6) is 0 Å². The van der Waals surface area contributed by atoms with Gasteiger partial charge in [-0.1, -0.05) is 20.3 Å². The van der Waals surface area contributed by atoms with Crippen molar-refractivity contribution in [3.8, 4) is 0 Å². The summed E-state index contributed by atoms with van der Waals surface area (Å²) >= 11 is 1.64. The standard InChI is InChI=1S/C9H16N2S/c1-4-7(2)9(3,10)8-11-5-6-12-8/h5-7H,4,10H2,1-3H3. The van der Waals surface area contributed by atoms with Crippen molar-refractivity contribution in [2.75, 3.05) is 0 Å². The van der Waals surface area contributed by atoms with Gasteiger partial charge in [-0.25, -0.2) is 4.98 Å². The molecular formula is C9H16N2S. The van der Waals surface area contributed by atoms with Crippen LogP contribution in [0.4, 0.5) is 0 Å². The maximum Gasteiger partial charge on any atom is 0.112 e. The predicted octanol–water partition coefficient (Wildman–Crippen LogP) is 2.36. The zero-order valence-electron chi connectivity index (χ0n) is 7.87. The minimum absolute atomic E-state index is 0.261. The number of nitrogens with two attached hydrogens (primary N) is 1. The van der Waals surface area contributed by atoms with E-state index in [0.717, 1.165) is 11.4 Å². The van der Waals surface area contributed by atoms with Gasteiger partial charge in [0, 0.05) is 11.6 Å². The third kappa shape index (κ3) is 1.67. The van der Waals surface area contributed by atoms with Gasteiger partial charge in [0.25, 0.3) is 0 Å². The summed E-state index contributed by atoms with van der Waals surface area (Å²) in [5.74, 6) is 0.476. The van der Waals surface area contributed by atoms with Gasteiger partial charge in [0.1, 0.15) is 5.01 Å². The molecule has 0 aliphatic heterocycles. The van der Waals surface area contributed by atoms with Crippen LogP contribution in [0.15, 0.2) is 11.6 Å². The molecular weight excluding hydrogens is 168 g/mol. The second-order valence-corrected chi connectivity index (χ2v) is 4.32. The first kappa shape index (κ1) is 9.68. The SMILES string of the molecule is CCC(C)C(C)(N)c1nccs1. The number of hydrogen-bond acceptors (Lipinski definition) is 3. The van der Waals surface area contributed by atoms with Gasteiger partial charge in [-0.2, -0.15) is 0 Å². The summed E-state index contributed by atoms with van der Waals surface area (Å²) in [5.41, 5.74) is 5.92. The second-order valence-electron chi connectivity index (χ2n) is 3.43. The van der Waals surface area contributed by atoms with Crippen LogP contribution in [-0.4, -0.2) is 4.98 Å². The van der Waals surface area contributed by atoms with Crippen LogP contribution in [0.3, 0.4) is 0 Å². The molecule has 1 aromatic heterocycles. The van der Waals surface area contributed by atoms with E-state index < -0.39 is 0 Å². The zero-order valence-corrected chi connectivity index (χ0v) is 8.69. The highest BCUT2D eigenvalue weighted by Gasteiger charge is 2.29. The molecule has 0 spiro atoms. The molecule has 3 heteroatoms. The Balaban J connectivity index is 2.85. The summed E-state index contributed by atoms with van der Waals surface area (Å²) in [6.45, 7) is 6.38. The fourth-order valence-corrected chi connectivity index (χ4v) is 1.95. The van der Waals surface area contributed by atoms with Gasteiger partial charge in [0.2, 0.25) is 0 Å². The molecule has 1 aromatic rings. The largest absolute Gasteiger partial charge is 0.319 e. The van der Waals surface area contributed by atoms with Gasteiger partial charge in [0.05, 0.1) is 5.54 Å². The molecule has 2 atom stereocenters. The van der Waals surface area contributed by atoms with E-state index in [1.807, 2.05) is 11.6 Å². The van der Waals surface area contributed by atoms with Crippen LogP contribution >= 0.6 is 11.3 Å². The lowest BCUT2D eigenvalue weighted by Crippen LogP contribution is -2.39. The van der Waals surface area contributed by atoms with Gasteiger partial charge in [-0.05, 0) is 12.8 Å². The summed E-state index contributed by atoms with van der Waals surface area (Å²) in [6.07, 6.45) is 2.90. The number of nitrogens with zero attached hydrogens (tertiary/aromatic N) is 1. The minimum Gasteiger partial charge on any atom is -0.319 e. The Hall–Kier alpha value is -0.410. The van der Waals surface area contributed by atoms with Gasteiger partial charge < -0.3 is 5.73 Å². The van der Waals surface area contributed by atoms with E-state index in [9.17, 15) is 0 Å². The first-order valence-electron chi connectivity index (χ1n) is 4.28. The number of aromatic nitrogens is 1. The first-order valence-corrected chi connectivity index (χ1v) is 5.15. The van der Waals surface area contributed by atoms with Crippen molar-refractivity contribution in [1.82, 2.24) is 4.98 Å². The third-order valence-electron chi connectivity index (χ3n) is 2.53. The van der Waals surface area contributed by atoms with E-state index in [1.54, 1.807) is 11.3 Å². The molecule has 12 heavy (non-hydrogen) atoms. The van der Waals surface area contributed by atoms with Crippen LogP contribution in [0, 0.1) is 5.92 Å². The maximum atomic E-state index is 6.18. The molecule has 0 saturated heterocycles. The summed E-state index contributed by atoms with van der Waals surface area (Å²) < 4.78 is 0. The number of thiazole rings is 1. The number of hydrogen-bond donors (Lipinski definition) is 1. The molecule has 2 N–H and O–H groups in total. The Labute approximate surface area is 77.8 Å². The Morgan fingerprint density at radius 2 is 2.42 bits per heavy atom. The summed E-state index contributed by atoms with van der Waals surface area (Å²) in [5, 5.41) is 3.01. The van der Waals surface area contributed by atoms with E-state index in [2.05, 4.69) is 25.8 Å². The van der Waals surface area contributed by atoms with Crippen LogP contribution in [0.2, 0.25) is 0 Å². The molecule has 2 unspecified atom stereocenters. The Morgan fingerprint density at radius 1 is 1.75 bits per heavy atom. The minimum atomic E-state index is -0.261. The lowest BCUT2D eigenvalue weighted by atomic mass is 9.87. The molecule has 0 aliphatic carbocycles. The molecule has 0 aliphatic rings. The molecule has 0 saturated carbocycles. The quantitative estimate of drug-likeness (QED) is 0.783. The van der Waals surface area contributed by atoms with E-state index in [1.165, 1.54) is 0 Å². The highest BCUT2D eigenvalue weighted by atomic mass is 32.1. The van der Waals surface area contributed by atoms with Crippen molar-refractivity contribution in [2.24, 2.45) is 11.7 Å². The highest BCUT2D eigenvalue weighted by molar-refractivity contribution is 7.09. The van der Waals surface area contributed by atoms with Crippen molar-refractivity contribution in [2.45, 2.75) is 32.7 Å². The zero-order chi connectivity index (χ0) is 9.19. The molecule has 0 amide bonds. The van der Waals surface area contributed by atoms with Gasteiger partial charge in [0.15, 0.2) is 0 Å². The van der Waals surface area contributed by atoms with Crippen LogP contribution in [0.25, 0.3) is 0 Å². The Morgan fingerprint density at radius 3 is 2.83 bits per heavy atom. The Kier molecular flexibility index (Phi) is 2.85. The van der Waals surface area contributed by atoms with Gasteiger partial charge in [-0.3, -0.25) is 0 Å². The van der Waals surface area contributed by atoms with Crippen LogP contribution < -0.4 is 5.73 Å². The van der Waals surface area contributed by atoms with Crippen molar-refractivity contribution in [3.63, 3.8) is 0 Å². The van der Waals surface area contributed by atoms with Gasteiger partial charge >= 0.3 is 0 Å². The third-order valence-corrected chi connectivity index (χ3v) is 3.56. The molecule has 0 fully saturated rings. The van der Waals surface area contributed by atoms with E-state index >= 15 is 0 Å². The van der Waals surface area contributed by atoms with Crippen LogP contribution in [0.1, 0.15) is 32.2 Å². The second kappa shape index (κ2) is 3.54. The normalized spacial score (nSPS) is 18.7. The fourth-order valence-electron chi connectivity index (χ4n) is 1.12. The summed E-state index contributed by atoms with van der Waals surface area (Å²) in [6, 6.07) is 0. The van der Waals surface area contributed by atoms with E-state index in [-0.39, 0.29) is 5.54 Å². The van der Waals surface area contributed by atoms with Crippen molar-refractivity contribution in [3.05, 3.63) is 16.6 Å². The van der Waals surface area contributed by atoms with Crippen molar-refractivity contribution < 1.29 is 0 Å². The molecule has 0 bridgehead atoms. The van der Waals surface area contributed by atoms with Gasteiger partial charge in [-0.15, -0.1) is 11.3 Å². The molecule has 0 aromatic carbocycles. The molecule has 1 rings (SSSR count). The maximum absolute atomic E-state index is 6.18. The predicted molar refractivity (Wildman–Crippen MR) is 53.1 cm³/mol.